The van der Waals surface area contributed by atoms with Gasteiger partial charge in [-0.1, -0.05) is 36.4 Å². The van der Waals surface area contributed by atoms with Gasteiger partial charge < -0.3 is 24.3 Å². The van der Waals surface area contributed by atoms with Gasteiger partial charge in [0.25, 0.3) is 5.91 Å². The van der Waals surface area contributed by atoms with E-state index < -0.39 is 6.10 Å². The van der Waals surface area contributed by atoms with Crippen LogP contribution >= 0.6 is 0 Å². The van der Waals surface area contributed by atoms with Crippen LogP contribution in [0.4, 0.5) is 0 Å². The van der Waals surface area contributed by atoms with Gasteiger partial charge in [-0.05, 0) is 50.5 Å². The van der Waals surface area contributed by atoms with Gasteiger partial charge >= 0.3 is 0 Å². The van der Waals surface area contributed by atoms with Gasteiger partial charge in [-0.15, -0.1) is 0 Å². The molecule has 0 aliphatic carbocycles. The molecule has 6 heteroatoms. The van der Waals surface area contributed by atoms with Crippen LogP contribution in [0.25, 0.3) is 0 Å². The Morgan fingerprint density at radius 2 is 1.80 bits per heavy atom. The van der Waals surface area contributed by atoms with Crippen LogP contribution in [0, 0.1) is 0 Å². The lowest BCUT2D eigenvalue weighted by atomic mass is 10.1. The molecule has 0 aliphatic heterocycles. The maximum Gasteiger partial charge on any atom is 0.251 e. The van der Waals surface area contributed by atoms with Crippen molar-refractivity contribution in [1.29, 1.82) is 0 Å². The van der Waals surface area contributed by atoms with Crippen molar-refractivity contribution >= 4 is 5.91 Å². The number of carbonyl (C=O) groups is 1. The quantitative estimate of drug-likeness (QED) is 0.540. The number of hydrogen-bond acceptors (Lipinski definition) is 5. The van der Waals surface area contributed by atoms with Crippen LogP contribution < -0.4 is 14.8 Å². The first-order chi connectivity index (χ1) is 14.5. The molecule has 0 heterocycles. The number of carbonyl (C=O) groups excluding carboxylic acids is 1. The maximum absolute atomic E-state index is 12.5. The molecule has 0 saturated carbocycles. The van der Waals surface area contributed by atoms with E-state index in [0.717, 1.165) is 11.1 Å². The predicted octanol–water partition coefficient (Wildman–Crippen LogP) is 3.76. The highest BCUT2D eigenvalue weighted by atomic mass is 16.5. The molecule has 1 amide bonds. The zero-order valence-electron chi connectivity index (χ0n) is 18.4. The number of ether oxygens (including phenoxy) is 4. The summed E-state index contributed by atoms with van der Waals surface area (Å²) in [5.74, 6) is 1.23. The molecule has 0 aromatic heterocycles. The third-order valence-electron chi connectivity index (χ3n) is 4.34. The molecule has 0 radical (unpaired) electrons. The molecule has 0 saturated heterocycles. The van der Waals surface area contributed by atoms with Crippen molar-refractivity contribution in [1.82, 2.24) is 5.32 Å². The van der Waals surface area contributed by atoms with E-state index >= 15 is 0 Å². The number of rotatable bonds is 13. The molecule has 2 rings (SSSR count). The summed E-state index contributed by atoms with van der Waals surface area (Å²) in [4.78, 5) is 12.5. The Bertz CT molecular complexity index is 763. The number of nitrogens with one attached hydrogen (secondary N) is 1. The molecule has 1 N–H and O–H groups in total. The molecular formula is C24H33NO5. The van der Waals surface area contributed by atoms with Crippen molar-refractivity contribution in [3.05, 3.63) is 59.7 Å². The standard InChI is InChI=1S/C24H33NO5/c1-5-29-23(17-28-16-20-9-7-6-8-10-20)24(26)25-14-13-19-11-12-21(30-18(2)3)22(15-19)27-4/h6-12,15,18,23H,5,13-14,16-17H2,1-4H3,(H,25,26). The summed E-state index contributed by atoms with van der Waals surface area (Å²) in [6, 6.07) is 15.7. The van der Waals surface area contributed by atoms with Gasteiger partial charge in [0.15, 0.2) is 17.6 Å². The van der Waals surface area contributed by atoms with E-state index in [-0.39, 0.29) is 18.6 Å². The van der Waals surface area contributed by atoms with Gasteiger partial charge in [0.2, 0.25) is 0 Å². The summed E-state index contributed by atoms with van der Waals surface area (Å²) in [6.45, 7) is 7.41. The average molecular weight is 416 g/mol. The first-order valence-electron chi connectivity index (χ1n) is 10.4. The van der Waals surface area contributed by atoms with Crippen LogP contribution in [0.2, 0.25) is 0 Å². The normalized spacial score (nSPS) is 11.9. The van der Waals surface area contributed by atoms with Crippen molar-refractivity contribution in [3.63, 3.8) is 0 Å². The van der Waals surface area contributed by atoms with Crippen molar-refractivity contribution < 1.29 is 23.7 Å². The Hall–Kier alpha value is -2.57. The molecule has 1 unspecified atom stereocenters. The van der Waals surface area contributed by atoms with E-state index in [1.54, 1.807) is 7.11 Å². The summed E-state index contributed by atoms with van der Waals surface area (Å²) >= 11 is 0. The summed E-state index contributed by atoms with van der Waals surface area (Å²) in [6.07, 6.45) is 0.118. The molecule has 2 aromatic rings. The lowest BCUT2D eigenvalue weighted by Crippen LogP contribution is -2.40. The Labute approximate surface area is 179 Å². The van der Waals surface area contributed by atoms with Crippen LogP contribution in [-0.4, -0.2) is 45.0 Å². The largest absolute Gasteiger partial charge is 0.493 e. The van der Waals surface area contributed by atoms with Crippen LogP contribution in [0.5, 0.6) is 11.5 Å². The predicted molar refractivity (Wildman–Crippen MR) is 117 cm³/mol. The highest BCUT2D eigenvalue weighted by molar-refractivity contribution is 5.80. The maximum atomic E-state index is 12.5. The van der Waals surface area contributed by atoms with Crippen molar-refractivity contribution in [2.45, 2.75) is 46.0 Å². The minimum atomic E-state index is -0.630. The highest BCUT2D eigenvalue weighted by Gasteiger charge is 2.18. The number of amides is 1. The summed E-state index contributed by atoms with van der Waals surface area (Å²) in [7, 11) is 1.62. The number of benzene rings is 2. The molecule has 6 nitrogen and oxygen atoms in total. The van der Waals surface area contributed by atoms with E-state index in [1.807, 2.05) is 69.3 Å². The molecular weight excluding hydrogens is 382 g/mol. The van der Waals surface area contributed by atoms with Gasteiger partial charge in [-0.25, -0.2) is 0 Å². The van der Waals surface area contributed by atoms with Crippen molar-refractivity contribution in [2.24, 2.45) is 0 Å². The summed E-state index contributed by atoms with van der Waals surface area (Å²) in [5, 5.41) is 2.93. The fraction of sp³-hybridized carbons (Fsp3) is 0.458. The zero-order chi connectivity index (χ0) is 21.8. The lowest BCUT2D eigenvalue weighted by Gasteiger charge is -2.17. The Balaban J connectivity index is 1.81. The summed E-state index contributed by atoms with van der Waals surface area (Å²) in [5.41, 5.74) is 2.11. The number of methoxy groups -OCH3 is 1. The van der Waals surface area contributed by atoms with Crippen LogP contribution in [0.15, 0.2) is 48.5 Å². The zero-order valence-corrected chi connectivity index (χ0v) is 18.4. The van der Waals surface area contributed by atoms with Gasteiger partial charge in [0.05, 0.1) is 26.4 Å². The van der Waals surface area contributed by atoms with Crippen molar-refractivity contribution in [2.75, 3.05) is 26.9 Å². The van der Waals surface area contributed by atoms with Gasteiger partial charge in [0, 0.05) is 13.2 Å². The number of hydrogen-bond donors (Lipinski definition) is 1. The average Bonchev–Trinajstić information content (AvgIpc) is 2.74. The highest BCUT2D eigenvalue weighted by Crippen LogP contribution is 2.29. The molecule has 0 fully saturated rings. The van der Waals surface area contributed by atoms with Crippen LogP contribution in [0.3, 0.4) is 0 Å². The SMILES string of the molecule is CCOC(COCc1ccccc1)C(=O)NCCc1ccc(OC(C)C)c(OC)c1. The van der Waals surface area contributed by atoms with E-state index in [9.17, 15) is 4.79 Å². The third-order valence-corrected chi connectivity index (χ3v) is 4.34. The first-order valence-corrected chi connectivity index (χ1v) is 10.4. The third kappa shape index (κ3) is 8.05. The smallest absolute Gasteiger partial charge is 0.251 e. The Morgan fingerprint density at radius 1 is 1.03 bits per heavy atom. The Morgan fingerprint density at radius 3 is 2.47 bits per heavy atom. The molecule has 164 valence electrons. The van der Waals surface area contributed by atoms with E-state index in [2.05, 4.69) is 5.32 Å². The second-order valence-electron chi connectivity index (χ2n) is 7.14. The van der Waals surface area contributed by atoms with Gasteiger partial charge in [-0.3, -0.25) is 4.79 Å². The molecule has 0 aliphatic rings. The summed E-state index contributed by atoms with van der Waals surface area (Å²) < 4.78 is 22.4. The first kappa shape index (κ1) is 23.7. The lowest BCUT2D eigenvalue weighted by molar-refractivity contribution is -0.137. The fourth-order valence-corrected chi connectivity index (χ4v) is 2.92. The molecule has 2 aromatic carbocycles. The molecule has 0 bridgehead atoms. The minimum Gasteiger partial charge on any atom is -0.493 e. The monoisotopic (exact) mass is 415 g/mol. The molecule has 0 spiro atoms. The second kappa shape index (κ2) is 12.9. The molecule has 1 atom stereocenters. The van der Waals surface area contributed by atoms with E-state index in [1.165, 1.54) is 0 Å². The Kier molecular flexibility index (Phi) is 10.2. The van der Waals surface area contributed by atoms with E-state index in [0.29, 0.717) is 37.7 Å². The van der Waals surface area contributed by atoms with Crippen LogP contribution in [-0.2, 0) is 27.3 Å². The van der Waals surface area contributed by atoms with Crippen molar-refractivity contribution in [3.8, 4) is 11.5 Å². The van der Waals surface area contributed by atoms with E-state index in [4.69, 9.17) is 18.9 Å². The minimum absolute atomic E-state index is 0.0728. The van der Waals surface area contributed by atoms with Crippen LogP contribution in [0.1, 0.15) is 31.9 Å². The molecule has 30 heavy (non-hydrogen) atoms. The second-order valence-corrected chi connectivity index (χ2v) is 7.14. The topological polar surface area (TPSA) is 66.0 Å². The van der Waals surface area contributed by atoms with Gasteiger partial charge in [-0.2, -0.15) is 0 Å². The fourth-order valence-electron chi connectivity index (χ4n) is 2.92. The van der Waals surface area contributed by atoms with Gasteiger partial charge in [0.1, 0.15) is 0 Å².